The fraction of sp³-hybridized carbons (Fsp3) is 0.394. The van der Waals surface area contributed by atoms with Crippen molar-refractivity contribution in [3.63, 3.8) is 0 Å². The van der Waals surface area contributed by atoms with E-state index < -0.39 is 0 Å². The molecule has 3 fully saturated rings. The number of aromatic amines is 1. The van der Waals surface area contributed by atoms with Crippen LogP contribution in [0.1, 0.15) is 72.2 Å². The second-order valence-electron chi connectivity index (χ2n) is 12.3. The Hall–Kier alpha value is -4.84. The summed E-state index contributed by atoms with van der Waals surface area (Å²) in [5.74, 6) is 2.34. The normalized spacial score (nSPS) is 21.0. The second-order valence-corrected chi connectivity index (χ2v) is 12.3. The van der Waals surface area contributed by atoms with Crippen LogP contribution in [-0.4, -0.2) is 78.0 Å². The Labute approximate surface area is 260 Å². The van der Waals surface area contributed by atoms with Crippen LogP contribution in [0.3, 0.4) is 0 Å². The minimum atomic E-state index is -0.0656. The molecule has 2 saturated heterocycles. The smallest absolute Gasteiger partial charge is 0.291 e. The van der Waals surface area contributed by atoms with Crippen molar-refractivity contribution in [3.05, 3.63) is 72.2 Å². The third kappa shape index (κ3) is 4.98. The van der Waals surface area contributed by atoms with Crippen molar-refractivity contribution >= 4 is 17.4 Å². The first-order chi connectivity index (χ1) is 22.1. The van der Waals surface area contributed by atoms with Crippen LogP contribution in [0.2, 0.25) is 0 Å². The molecule has 1 saturated carbocycles. The average molecular weight is 606 g/mol. The summed E-state index contributed by atoms with van der Waals surface area (Å²) >= 11 is 0. The molecule has 4 aromatic heterocycles. The molecule has 230 valence electrons. The Morgan fingerprint density at radius 3 is 2.40 bits per heavy atom. The van der Waals surface area contributed by atoms with E-state index in [4.69, 9.17) is 25.2 Å². The van der Waals surface area contributed by atoms with Gasteiger partial charge in [-0.25, -0.2) is 9.97 Å². The lowest BCUT2D eigenvalue weighted by Crippen LogP contribution is -2.46. The molecule has 2 bridgehead atoms. The van der Waals surface area contributed by atoms with E-state index in [2.05, 4.69) is 26.3 Å². The zero-order valence-corrected chi connectivity index (χ0v) is 25.1. The van der Waals surface area contributed by atoms with E-state index >= 15 is 0 Å². The number of carbonyl (C=O) groups is 1. The predicted molar refractivity (Wildman–Crippen MR) is 167 cm³/mol. The number of hydrogen-bond acceptors (Lipinski definition) is 9. The molecule has 12 nitrogen and oxygen atoms in total. The largest absolute Gasteiger partial charge is 0.491 e. The van der Waals surface area contributed by atoms with E-state index in [-0.39, 0.29) is 23.9 Å². The maximum Gasteiger partial charge on any atom is 0.291 e. The van der Waals surface area contributed by atoms with Crippen LogP contribution in [0.5, 0.6) is 5.75 Å². The van der Waals surface area contributed by atoms with Gasteiger partial charge in [0.15, 0.2) is 5.65 Å². The molecule has 12 heteroatoms. The number of nitrogens with zero attached hydrogens (tertiary/aromatic N) is 7. The van der Waals surface area contributed by atoms with Crippen molar-refractivity contribution in [2.45, 2.75) is 62.4 Å². The highest BCUT2D eigenvalue weighted by Crippen LogP contribution is 2.50. The lowest BCUT2D eigenvalue weighted by Gasteiger charge is -2.39. The predicted octanol–water partition coefficient (Wildman–Crippen LogP) is 4.61. The summed E-state index contributed by atoms with van der Waals surface area (Å²) in [7, 11) is 1.66. The number of rotatable bonds is 9. The molecule has 0 spiro atoms. The number of carbonyl (C=O) groups excluding carboxylic acids is 1. The second kappa shape index (κ2) is 11.3. The highest BCUT2D eigenvalue weighted by atomic mass is 16.5. The molecule has 2 aliphatic heterocycles. The van der Waals surface area contributed by atoms with Gasteiger partial charge in [0.25, 0.3) is 5.91 Å². The number of anilines is 1. The van der Waals surface area contributed by atoms with Gasteiger partial charge >= 0.3 is 0 Å². The summed E-state index contributed by atoms with van der Waals surface area (Å²) in [5, 5.41) is 11.3. The number of nitrogens with one attached hydrogen (secondary N) is 1. The first-order valence-electron chi connectivity index (χ1n) is 15.6. The fourth-order valence-corrected chi connectivity index (χ4v) is 7.20. The Kier molecular flexibility index (Phi) is 6.93. The van der Waals surface area contributed by atoms with Crippen LogP contribution in [0.25, 0.3) is 28.0 Å². The molecule has 1 amide bonds. The average Bonchev–Trinajstić information content (AvgIpc) is 3.45. The molecule has 5 aromatic rings. The van der Waals surface area contributed by atoms with Crippen molar-refractivity contribution in [2.24, 2.45) is 0 Å². The highest BCUT2D eigenvalue weighted by Gasteiger charge is 2.46. The number of H-pyrrole nitrogens is 1. The molecule has 8 rings (SSSR count). The molecule has 1 aromatic carbocycles. The van der Waals surface area contributed by atoms with Gasteiger partial charge in [0.2, 0.25) is 5.82 Å². The topological polar surface area (TPSA) is 149 Å². The number of nitrogens with two attached hydrogens (primary N) is 1. The molecule has 6 heterocycles. The van der Waals surface area contributed by atoms with E-state index in [0.29, 0.717) is 30.8 Å². The Balaban J connectivity index is 1.09. The molecular formula is C33H35N9O3. The monoisotopic (exact) mass is 605 g/mol. The van der Waals surface area contributed by atoms with Gasteiger partial charge in [-0.15, -0.1) is 0 Å². The molecule has 3 aliphatic rings. The summed E-state index contributed by atoms with van der Waals surface area (Å²) in [6, 6.07) is 12.3. The lowest BCUT2D eigenvalue weighted by molar-refractivity contribution is 0.0557. The Morgan fingerprint density at radius 1 is 0.956 bits per heavy atom. The van der Waals surface area contributed by atoms with Crippen molar-refractivity contribution in [1.29, 1.82) is 0 Å². The minimum Gasteiger partial charge on any atom is -0.491 e. The van der Waals surface area contributed by atoms with Gasteiger partial charge in [-0.05, 0) is 74.8 Å². The first-order valence-corrected chi connectivity index (χ1v) is 15.6. The zero-order chi connectivity index (χ0) is 30.5. The van der Waals surface area contributed by atoms with Crippen molar-refractivity contribution < 1.29 is 14.3 Å². The van der Waals surface area contributed by atoms with Crippen LogP contribution in [0.4, 0.5) is 5.82 Å². The van der Waals surface area contributed by atoms with Gasteiger partial charge in [-0.1, -0.05) is 6.07 Å². The van der Waals surface area contributed by atoms with E-state index in [0.717, 1.165) is 83.6 Å². The highest BCUT2D eigenvalue weighted by molar-refractivity contribution is 5.91. The van der Waals surface area contributed by atoms with Gasteiger partial charge in [0.1, 0.15) is 24.5 Å². The maximum absolute atomic E-state index is 13.3. The molecule has 1 aliphatic carbocycles. The number of ether oxygens (including phenoxy) is 2. The number of benzene rings is 1. The fourth-order valence-electron chi connectivity index (χ4n) is 7.20. The summed E-state index contributed by atoms with van der Waals surface area (Å²) in [4.78, 5) is 29.5. The molecule has 3 N–H and O–H groups in total. The quantitative estimate of drug-likeness (QED) is 0.230. The van der Waals surface area contributed by atoms with Crippen molar-refractivity contribution in [3.8, 4) is 28.1 Å². The summed E-state index contributed by atoms with van der Waals surface area (Å²) < 4.78 is 12.5. The van der Waals surface area contributed by atoms with Gasteiger partial charge in [0, 0.05) is 53.6 Å². The van der Waals surface area contributed by atoms with Crippen molar-refractivity contribution in [1.82, 2.24) is 39.7 Å². The zero-order valence-electron chi connectivity index (χ0n) is 25.1. The van der Waals surface area contributed by atoms with Crippen LogP contribution < -0.4 is 10.5 Å². The first kappa shape index (κ1) is 27.7. The molecule has 1 unspecified atom stereocenters. The van der Waals surface area contributed by atoms with E-state index in [9.17, 15) is 4.79 Å². The number of amides is 1. The lowest BCUT2D eigenvalue weighted by atomic mass is 9.85. The van der Waals surface area contributed by atoms with Gasteiger partial charge in [-0.2, -0.15) is 14.7 Å². The number of nitrogen functional groups attached to an aromatic ring is 1. The number of hydrogen-bond donors (Lipinski definition) is 2. The number of fused-ring (bicyclic) bond motifs is 3. The van der Waals surface area contributed by atoms with Gasteiger partial charge in [-0.3, -0.25) is 14.9 Å². The third-order valence-electron chi connectivity index (χ3n) is 9.49. The van der Waals surface area contributed by atoms with Crippen LogP contribution in [0, 0.1) is 0 Å². The molecule has 3 atom stereocenters. The summed E-state index contributed by atoms with van der Waals surface area (Å²) in [5.41, 5.74) is 13.5. The number of methoxy groups -OCH3 is 1. The summed E-state index contributed by atoms with van der Waals surface area (Å²) in [6.07, 6.45) is 11.0. The van der Waals surface area contributed by atoms with Gasteiger partial charge < -0.3 is 20.1 Å². The maximum atomic E-state index is 13.3. The molecule has 0 radical (unpaired) electrons. The van der Waals surface area contributed by atoms with E-state index in [1.54, 1.807) is 11.6 Å². The Bertz CT molecular complexity index is 1820. The van der Waals surface area contributed by atoms with E-state index in [1.165, 1.54) is 6.33 Å². The molecular weight excluding hydrogens is 570 g/mol. The number of pyridine rings is 1. The van der Waals surface area contributed by atoms with Crippen molar-refractivity contribution in [2.75, 3.05) is 26.1 Å². The van der Waals surface area contributed by atoms with Crippen LogP contribution in [0.15, 0.2) is 55.1 Å². The van der Waals surface area contributed by atoms with E-state index in [1.807, 2.05) is 47.6 Å². The van der Waals surface area contributed by atoms with Crippen LogP contribution in [-0.2, 0) is 4.74 Å². The standard InChI is InChI=1S/C33H35N9O3/c1-44-12-13-45-25-9-4-19(5-10-25)27-11-6-21(16-35-27)26-17-38-42-30(34)28(20-2-3-20)29(39-32(26)42)22-14-23-7-8-24(15-22)41(23)33(43)31-36-18-37-40-31/h4-6,9-11,16-18,20,22-24H,2-3,7-8,12-15,34H2,1H3,(H,36,37,40)/t22?,23-,24+. The SMILES string of the molecule is COCCOc1ccc(-c2ccc(-c3cnn4c(N)c(C5CC5)c(C5C[C@H]6CC[C@@H](C5)N6C(=O)c5ncn[nH]5)nc34)cn2)cc1. The minimum absolute atomic E-state index is 0.0656. The number of piperidine rings is 1. The Morgan fingerprint density at radius 2 is 1.73 bits per heavy atom. The van der Waals surface area contributed by atoms with Gasteiger partial charge in [0.05, 0.1) is 24.2 Å². The molecule has 45 heavy (non-hydrogen) atoms. The third-order valence-corrected chi connectivity index (χ3v) is 9.49. The number of aromatic nitrogens is 7. The van der Waals surface area contributed by atoms with Crippen LogP contribution >= 0.6 is 0 Å². The summed E-state index contributed by atoms with van der Waals surface area (Å²) in [6.45, 7) is 1.05.